The Morgan fingerprint density at radius 2 is 2.24 bits per heavy atom. The highest BCUT2D eigenvalue weighted by molar-refractivity contribution is 7.18. The normalized spacial score (nSPS) is 16.3. The molecule has 2 heterocycles. The third-order valence-electron chi connectivity index (χ3n) is 4.94. The molecule has 0 radical (unpaired) electrons. The molecule has 1 aliphatic rings. The van der Waals surface area contributed by atoms with Crippen molar-refractivity contribution in [3.63, 3.8) is 0 Å². The van der Waals surface area contributed by atoms with Gasteiger partial charge >= 0.3 is 0 Å². The van der Waals surface area contributed by atoms with Crippen LogP contribution in [0, 0.1) is 5.92 Å². The predicted octanol–water partition coefficient (Wildman–Crippen LogP) is 4.04. The van der Waals surface area contributed by atoms with Crippen LogP contribution in [-0.2, 0) is 24.2 Å². The van der Waals surface area contributed by atoms with Gasteiger partial charge in [0.1, 0.15) is 11.4 Å². The van der Waals surface area contributed by atoms with E-state index < -0.39 is 5.91 Å². The van der Waals surface area contributed by atoms with Crippen LogP contribution in [-0.4, -0.2) is 21.7 Å². The average molecular weight is 449 g/mol. The first-order valence-corrected chi connectivity index (χ1v) is 10.8. The van der Waals surface area contributed by atoms with E-state index in [9.17, 15) is 9.59 Å². The summed E-state index contributed by atoms with van der Waals surface area (Å²) in [6, 6.07) is 5.02. The summed E-state index contributed by atoms with van der Waals surface area (Å²) in [5.41, 5.74) is 4.04. The second kappa shape index (κ2) is 8.26. The molecule has 3 aromatic rings. The molecule has 29 heavy (non-hydrogen) atoms. The van der Waals surface area contributed by atoms with Crippen molar-refractivity contribution in [2.45, 2.75) is 32.7 Å². The number of nitrogens with zero attached hydrogens (tertiary/aromatic N) is 3. The number of aryl methyl sites for hydroxylation is 1. The molecular weight excluding hydrogens is 431 g/mol. The largest absolute Gasteiger partial charge is 0.289 e. The molecule has 4 rings (SSSR count). The molecule has 1 N–H and O–H groups in total. The summed E-state index contributed by atoms with van der Waals surface area (Å²) in [5, 5.41) is 5.42. The smallest absolute Gasteiger partial charge is 0.262 e. The monoisotopic (exact) mass is 448 g/mol. The molecule has 0 bridgehead atoms. The van der Waals surface area contributed by atoms with Gasteiger partial charge in [0.15, 0.2) is 0 Å². The van der Waals surface area contributed by atoms with Gasteiger partial charge < -0.3 is 0 Å². The van der Waals surface area contributed by atoms with Crippen molar-refractivity contribution in [1.29, 1.82) is 0 Å². The fourth-order valence-electron chi connectivity index (χ4n) is 3.44. The van der Waals surface area contributed by atoms with Gasteiger partial charge in [-0.15, -0.1) is 11.3 Å². The van der Waals surface area contributed by atoms with Crippen LogP contribution in [0.3, 0.4) is 0 Å². The lowest BCUT2D eigenvalue weighted by molar-refractivity contribution is -0.121. The van der Waals surface area contributed by atoms with Crippen LogP contribution >= 0.6 is 34.5 Å². The zero-order valence-corrected chi connectivity index (χ0v) is 17.9. The fourth-order valence-corrected chi connectivity index (χ4v) is 5.09. The van der Waals surface area contributed by atoms with E-state index in [0.29, 0.717) is 26.9 Å². The molecular formula is C20H18Cl2N4O2S. The Morgan fingerprint density at radius 3 is 3.03 bits per heavy atom. The third kappa shape index (κ3) is 4.22. The maximum Gasteiger partial charge on any atom is 0.262 e. The van der Waals surface area contributed by atoms with Crippen LogP contribution in [0.5, 0.6) is 0 Å². The second-order valence-electron chi connectivity index (χ2n) is 7.18. The van der Waals surface area contributed by atoms with Crippen LogP contribution in [0.1, 0.15) is 29.3 Å². The minimum Gasteiger partial charge on any atom is -0.289 e. The topological polar surface area (TPSA) is 76.3 Å². The molecule has 0 saturated heterocycles. The molecule has 150 valence electrons. The van der Waals surface area contributed by atoms with Crippen LogP contribution in [0.25, 0.3) is 10.2 Å². The summed E-state index contributed by atoms with van der Waals surface area (Å²) in [7, 11) is 0. The van der Waals surface area contributed by atoms with Gasteiger partial charge in [-0.1, -0.05) is 36.2 Å². The predicted molar refractivity (Wildman–Crippen MR) is 117 cm³/mol. The number of carbonyl (C=O) groups excluding carboxylic acids is 1. The van der Waals surface area contributed by atoms with Crippen molar-refractivity contribution in [3.05, 3.63) is 60.9 Å². The van der Waals surface area contributed by atoms with Gasteiger partial charge in [-0.25, -0.2) is 10.4 Å². The van der Waals surface area contributed by atoms with Crippen molar-refractivity contribution < 1.29 is 4.79 Å². The molecule has 9 heteroatoms. The SMILES string of the molecule is C[C@H]1CCc2c(sc3ncn(CC(=O)N/N=C\c4ccc(Cl)c(Cl)c4)c(=O)c23)C1. The van der Waals surface area contributed by atoms with E-state index >= 15 is 0 Å². The van der Waals surface area contributed by atoms with E-state index in [4.69, 9.17) is 23.2 Å². The van der Waals surface area contributed by atoms with Crippen LogP contribution < -0.4 is 11.0 Å². The standard InChI is InChI=1S/C20H18Cl2N4O2S/c1-11-2-4-13-16(6-11)29-19-18(13)20(28)26(10-23-19)9-17(27)25-24-8-12-3-5-14(21)15(22)7-12/h3,5,7-8,10-11H,2,4,6,9H2,1H3,(H,25,27)/b24-8-/t11-/m0/s1. The minimum absolute atomic E-state index is 0.151. The van der Waals surface area contributed by atoms with Crippen molar-refractivity contribution in [1.82, 2.24) is 15.0 Å². The molecule has 6 nitrogen and oxygen atoms in total. The highest BCUT2D eigenvalue weighted by atomic mass is 35.5. The maximum atomic E-state index is 12.9. The average Bonchev–Trinajstić information content (AvgIpc) is 3.05. The first-order valence-electron chi connectivity index (χ1n) is 9.19. The Balaban J connectivity index is 1.49. The highest BCUT2D eigenvalue weighted by Gasteiger charge is 2.23. The van der Waals surface area contributed by atoms with Crippen molar-refractivity contribution in [3.8, 4) is 0 Å². The molecule has 0 fully saturated rings. The quantitative estimate of drug-likeness (QED) is 0.483. The zero-order valence-electron chi connectivity index (χ0n) is 15.6. The number of halogens is 2. The number of carbonyl (C=O) groups is 1. The summed E-state index contributed by atoms with van der Waals surface area (Å²) in [6.45, 7) is 2.07. The first kappa shape index (κ1) is 20.1. The van der Waals surface area contributed by atoms with E-state index in [1.807, 2.05) is 0 Å². The number of aromatic nitrogens is 2. The van der Waals surface area contributed by atoms with Crippen LogP contribution in [0.2, 0.25) is 10.0 Å². The molecule has 2 aromatic heterocycles. The molecule has 1 aromatic carbocycles. The number of benzene rings is 1. The van der Waals surface area contributed by atoms with E-state index in [1.54, 1.807) is 29.5 Å². The van der Waals surface area contributed by atoms with E-state index in [1.165, 1.54) is 22.0 Å². The molecule has 1 aliphatic carbocycles. The Bertz CT molecular complexity index is 1190. The van der Waals surface area contributed by atoms with Crippen molar-refractivity contribution in [2.24, 2.45) is 11.0 Å². The molecule has 1 atom stereocenters. The lowest BCUT2D eigenvalue weighted by atomic mass is 9.89. The summed E-state index contributed by atoms with van der Waals surface area (Å²) < 4.78 is 1.33. The van der Waals surface area contributed by atoms with Gasteiger partial charge in [-0.2, -0.15) is 5.10 Å². The number of fused-ring (bicyclic) bond motifs is 3. The van der Waals surface area contributed by atoms with Crippen LogP contribution in [0.15, 0.2) is 34.4 Å². The number of amides is 1. The second-order valence-corrected chi connectivity index (χ2v) is 9.07. The van der Waals surface area contributed by atoms with Crippen LogP contribution in [0.4, 0.5) is 0 Å². The first-order chi connectivity index (χ1) is 13.9. The lowest BCUT2D eigenvalue weighted by Gasteiger charge is -2.17. The molecule has 0 unspecified atom stereocenters. The highest BCUT2D eigenvalue weighted by Crippen LogP contribution is 2.35. The summed E-state index contributed by atoms with van der Waals surface area (Å²) >= 11 is 13.4. The summed E-state index contributed by atoms with van der Waals surface area (Å²) in [5.74, 6) is 0.208. The Morgan fingerprint density at radius 1 is 1.41 bits per heavy atom. The zero-order chi connectivity index (χ0) is 20.5. The Kier molecular flexibility index (Phi) is 5.72. The van der Waals surface area contributed by atoms with Crippen molar-refractivity contribution >= 4 is 56.9 Å². The van der Waals surface area contributed by atoms with Gasteiger partial charge in [-0.3, -0.25) is 14.2 Å². The van der Waals surface area contributed by atoms with E-state index in [0.717, 1.165) is 29.7 Å². The van der Waals surface area contributed by atoms with E-state index in [-0.39, 0.29) is 12.1 Å². The molecule has 0 saturated carbocycles. The van der Waals surface area contributed by atoms with Gasteiger partial charge in [0.25, 0.3) is 11.5 Å². The molecule has 1 amide bonds. The number of rotatable bonds is 4. The molecule has 0 aliphatic heterocycles. The fraction of sp³-hybridized carbons (Fsp3) is 0.300. The van der Waals surface area contributed by atoms with Crippen molar-refractivity contribution in [2.75, 3.05) is 0 Å². The Labute approximate surface area is 181 Å². The maximum absolute atomic E-state index is 12.9. The number of nitrogens with one attached hydrogen (secondary N) is 1. The summed E-state index contributed by atoms with van der Waals surface area (Å²) in [6.07, 6.45) is 5.83. The molecule has 0 spiro atoms. The van der Waals surface area contributed by atoms with Gasteiger partial charge in [0.05, 0.1) is 28.0 Å². The number of hydrazone groups is 1. The summed E-state index contributed by atoms with van der Waals surface area (Å²) in [4.78, 5) is 31.6. The van der Waals surface area contributed by atoms with Gasteiger partial charge in [0, 0.05) is 4.88 Å². The van der Waals surface area contributed by atoms with Gasteiger partial charge in [0.2, 0.25) is 0 Å². The Hall–Kier alpha value is -2.22. The lowest BCUT2D eigenvalue weighted by Crippen LogP contribution is -2.30. The number of thiophene rings is 1. The number of hydrogen-bond donors (Lipinski definition) is 1. The third-order valence-corrected chi connectivity index (χ3v) is 6.84. The number of hydrogen-bond acceptors (Lipinski definition) is 5. The van der Waals surface area contributed by atoms with E-state index in [2.05, 4.69) is 22.4 Å². The van der Waals surface area contributed by atoms with Gasteiger partial charge in [-0.05, 0) is 48.4 Å². The minimum atomic E-state index is -0.415.